The molecule has 1 unspecified atom stereocenters. The van der Waals surface area contributed by atoms with Gasteiger partial charge in [-0.15, -0.1) is 0 Å². The average Bonchev–Trinajstić information content (AvgIpc) is 2.95. The quantitative estimate of drug-likeness (QED) is 0.850. The Bertz CT molecular complexity index is 608. The molecule has 3 heterocycles. The fourth-order valence-corrected chi connectivity index (χ4v) is 3.35. The molecule has 116 valence electrons. The van der Waals surface area contributed by atoms with Crippen LogP contribution in [0, 0.1) is 0 Å². The normalized spacial score (nSPS) is 22.3. The van der Waals surface area contributed by atoms with Gasteiger partial charge in [0.15, 0.2) is 0 Å². The highest BCUT2D eigenvalue weighted by Gasteiger charge is 2.32. The zero-order chi connectivity index (χ0) is 14.8. The second kappa shape index (κ2) is 6.18. The number of hydrogen-bond acceptors (Lipinski definition) is 4. The van der Waals surface area contributed by atoms with E-state index < -0.39 is 0 Å². The predicted molar refractivity (Wildman–Crippen MR) is 83.2 cm³/mol. The van der Waals surface area contributed by atoms with Crippen LogP contribution >= 0.6 is 0 Å². The second-order valence-corrected chi connectivity index (χ2v) is 6.27. The molecule has 5 nitrogen and oxygen atoms in total. The molecule has 0 amide bonds. The number of ether oxygens (including phenoxy) is 1. The SMILES string of the molecule is c1ccc(COCC2CN(C3CCC3)Cc3ccnn32)nc1. The highest BCUT2D eigenvalue weighted by Crippen LogP contribution is 2.30. The summed E-state index contributed by atoms with van der Waals surface area (Å²) in [5.41, 5.74) is 2.29. The molecule has 1 fully saturated rings. The molecular formula is C17H22N4O. The highest BCUT2D eigenvalue weighted by atomic mass is 16.5. The van der Waals surface area contributed by atoms with Crippen molar-refractivity contribution in [1.29, 1.82) is 0 Å². The number of rotatable bonds is 5. The van der Waals surface area contributed by atoms with Crippen LogP contribution in [-0.2, 0) is 17.9 Å². The van der Waals surface area contributed by atoms with Crippen LogP contribution in [0.5, 0.6) is 0 Å². The summed E-state index contributed by atoms with van der Waals surface area (Å²) in [7, 11) is 0. The van der Waals surface area contributed by atoms with Gasteiger partial charge in [-0.2, -0.15) is 5.10 Å². The minimum atomic E-state index is 0.308. The Morgan fingerprint density at radius 2 is 2.14 bits per heavy atom. The zero-order valence-electron chi connectivity index (χ0n) is 12.8. The molecule has 0 saturated heterocycles. The van der Waals surface area contributed by atoms with Crippen LogP contribution in [0.1, 0.15) is 36.7 Å². The monoisotopic (exact) mass is 298 g/mol. The van der Waals surface area contributed by atoms with Crippen molar-refractivity contribution in [3.05, 3.63) is 48.0 Å². The first-order valence-electron chi connectivity index (χ1n) is 8.14. The van der Waals surface area contributed by atoms with Gasteiger partial charge in [-0.3, -0.25) is 14.6 Å². The number of nitrogens with zero attached hydrogens (tertiary/aromatic N) is 4. The van der Waals surface area contributed by atoms with Crippen molar-refractivity contribution in [1.82, 2.24) is 19.7 Å². The Balaban J connectivity index is 1.39. The van der Waals surface area contributed by atoms with Gasteiger partial charge < -0.3 is 4.74 Å². The van der Waals surface area contributed by atoms with E-state index in [2.05, 4.69) is 25.7 Å². The van der Waals surface area contributed by atoms with E-state index >= 15 is 0 Å². The largest absolute Gasteiger partial charge is 0.373 e. The average molecular weight is 298 g/mol. The topological polar surface area (TPSA) is 43.2 Å². The summed E-state index contributed by atoms with van der Waals surface area (Å²) in [6.07, 6.45) is 7.78. The Morgan fingerprint density at radius 1 is 1.18 bits per heavy atom. The summed E-state index contributed by atoms with van der Waals surface area (Å²) in [6, 6.07) is 9.13. The van der Waals surface area contributed by atoms with E-state index in [1.54, 1.807) is 0 Å². The van der Waals surface area contributed by atoms with Gasteiger partial charge in [-0.25, -0.2) is 0 Å². The van der Waals surface area contributed by atoms with E-state index in [0.717, 1.165) is 24.8 Å². The molecule has 1 aliphatic heterocycles. The fourth-order valence-electron chi connectivity index (χ4n) is 3.35. The maximum Gasteiger partial charge on any atom is 0.0888 e. The molecule has 2 aromatic rings. The lowest BCUT2D eigenvalue weighted by atomic mass is 9.90. The summed E-state index contributed by atoms with van der Waals surface area (Å²) in [4.78, 5) is 6.91. The number of pyridine rings is 1. The summed E-state index contributed by atoms with van der Waals surface area (Å²) in [6.45, 7) is 3.33. The molecule has 0 aromatic carbocycles. The molecule has 5 heteroatoms. The van der Waals surface area contributed by atoms with Crippen LogP contribution in [0.2, 0.25) is 0 Å². The van der Waals surface area contributed by atoms with E-state index in [4.69, 9.17) is 4.74 Å². The van der Waals surface area contributed by atoms with Gasteiger partial charge in [-0.1, -0.05) is 12.5 Å². The maximum absolute atomic E-state index is 5.92. The summed E-state index contributed by atoms with van der Waals surface area (Å²) in [5, 5.41) is 4.50. The van der Waals surface area contributed by atoms with Crippen molar-refractivity contribution in [2.45, 2.75) is 44.5 Å². The summed E-state index contributed by atoms with van der Waals surface area (Å²) >= 11 is 0. The van der Waals surface area contributed by atoms with Crippen molar-refractivity contribution in [3.8, 4) is 0 Å². The molecule has 4 rings (SSSR count). The summed E-state index contributed by atoms with van der Waals surface area (Å²) < 4.78 is 8.06. The molecule has 1 atom stereocenters. The second-order valence-electron chi connectivity index (χ2n) is 6.27. The predicted octanol–water partition coefficient (Wildman–Crippen LogP) is 2.40. The first-order chi connectivity index (χ1) is 10.9. The minimum Gasteiger partial charge on any atom is -0.373 e. The third kappa shape index (κ3) is 2.78. The van der Waals surface area contributed by atoms with Crippen LogP contribution in [-0.4, -0.2) is 38.9 Å². The van der Waals surface area contributed by atoms with Crippen molar-refractivity contribution >= 4 is 0 Å². The standard InChI is InChI=1S/C17H22N4O/c1-2-8-18-14(4-1)12-22-13-17-11-20(15-5-3-6-15)10-16-7-9-19-21(16)17/h1-2,4,7-9,15,17H,3,5-6,10-13H2. The van der Waals surface area contributed by atoms with E-state index in [9.17, 15) is 0 Å². The number of fused-ring (bicyclic) bond motifs is 1. The fraction of sp³-hybridized carbons (Fsp3) is 0.529. The van der Waals surface area contributed by atoms with Crippen molar-refractivity contribution < 1.29 is 4.74 Å². The van der Waals surface area contributed by atoms with Gasteiger partial charge in [0.05, 0.1) is 30.6 Å². The molecule has 0 spiro atoms. The third-order valence-electron chi connectivity index (χ3n) is 4.79. The van der Waals surface area contributed by atoms with Gasteiger partial charge in [0.25, 0.3) is 0 Å². The Kier molecular flexibility index (Phi) is 3.91. The van der Waals surface area contributed by atoms with E-state index in [1.165, 1.54) is 25.0 Å². The first-order valence-corrected chi connectivity index (χ1v) is 8.14. The molecule has 0 radical (unpaired) electrons. The van der Waals surface area contributed by atoms with Crippen LogP contribution in [0.25, 0.3) is 0 Å². The molecule has 0 N–H and O–H groups in total. The van der Waals surface area contributed by atoms with Crippen LogP contribution in [0.15, 0.2) is 36.7 Å². The van der Waals surface area contributed by atoms with E-state index in [1.807, 2.05) is 30.6 Å². The minimum absolute atomic E-state index is 0.308. The smallest absolute Gasteiger partial charge is 0.0888 e. The lowest BCUT2D eigenvalue weighted by molar-refractivity contribution is 0.0255. The third-order valence-corrected chi connectivity index (χ3v) is 4.79. The van der Waals surface area contributed by atoms with E-state index in [-0.39, 0.29) is 0 Å². The molecule has 1 saturated carbocycles. The van der Waals surface area contributed by atoms with Crippen LogP contribution in [0.3, 0.4) is 0 Å². The van der Waals surface area contributed by atoms with Gasteiger partial charge in [0, 0.05) is 31.5 Å². The Hall–Kier alpha value is -1.72. The summed E-state index contributed by atoms with van der Waals surface area (Å²) in [5.74, 6) is 0. The molecule has 22 heavy (non-hydrogen) atoms. The van der Waals surface area contributed by atoms with Gasteiger partial charge in [-0.05, 0) is 31.0 Å². The van der Waals surface area contributed by atoms with Gasteiger partial charge in [0.1, 0.15) is 0 Å². The van der Waals surface area contributed by atoms with Crippen molar-refractivity contribution in [2.75, 3.05) is 13.2 Å². The molecular weight excluding hydrogens is 276 g/mol. The van der Waals surface area contributed by atoms with Crippen LogP contribution in [0.4, 0.5) is 0 Å². The maximum atomic E-state index is 5.92. The zero-order valence-corrected chi connectivity index (χ0v) is 12.8. The number of hydrogen-bond donors (Lipinski definition) is 0. The highest BCUT2D eigenvalue weighted by molar-refractivity contribution is 5.07. The van der Waals surface area contributed by atoms with Crippen LogP contribution < -0.4 is 0 Å². The molecule has 0 bridgehead atoms. The van der Waals surface area contributed by atoms with Crippen molar-refractivity contribution in [3.63, 3.8) is 0 Å². The van der Waals surface area contributed by atoms with Gasteiger partial charge in [0.2, 0.25) is 0 Å². The Morgan fingerprint density at radius 3 is 2.91 bits per heavy atom. The van der Waals surface area contributed by atoms with Gasteiger partial charge >= 0.3 is 0 Å². The Labute approximate surface area is 130 Å². The van der Waals surface area contributed by atoms with E-state index in [0.29, 0.717) is 19.3 Å². The molecule has 1 aliphatic carbocycles. The first kappa shape index (κ1) is 13.9. The molecule has 2 aliphatic rings. The lowest BCUT2D eigenvalue weighted by Crippen LogP contribution is -2.47. The lowest BCUT2D eigenvalue weighted by Gasteiger charge is -2.42. The number of aromatic nitrogens is 3. The van der Waals surface area contributed by atoms with Crippen molar-refractivity contribution in [2.24, 2.45) is 0 Å². The molecule has 2 aromatic heterocycles.